The maximum absolute atomic E-state index is 11.0. The van der Waals surface area contributed by atoms with Crippen LogP contribution in [0.25, 0.3) is 0 Å². The highest BCUT2D eigenvalue weighted by atomic mass is 32.2. The zero-order chi connectivity index (χ0) is 10.8. The smallest absolute Gasteiger partial charge is 0.276 e. The van der Waals surface area contributed by atoms with Crippen LogP contribution in [0.15, 0.2) is 0 Å². The van der Waals surface area contributed by atoms with Crippen molar-refractivity contribution < 1.29 is 8.42 Å². The minimum atomic E-state index is -3.46. The number of hydrogen-bond acceptors (Lipinski definition) is 3. The van der Waals surface area contributed by atoms with Gasteiger partial charge >= 0.3 is 0 Å². The Morgan fingerprint density at radius 3 is 2.21 bits per heavy atom. The predicted octanol–water partition coefficient (Wildman–Crippen LogP) is -0.536. The van der Waals surface area contributed by atoms with E-state index in [2.05, 4.69) is 4.90 Å². The Balaban J connectivity index is 2.39. The molecule has 0 spiro atoms. The second kappa shape index (κ2) is 4.57. The Hall–Kier alpha value is -0.170. The summed E-state index contributed by atoms with van der Waals surface area (Å²) in [6, 6.07) is 0. The molecule has 14 heavy (non-hydrogen) atoms. The van der Waals surface area contributed by atoms with Crippen LogP contribution in [0.5, 0.6) is 0 Å². The molecule has 0 aromatic rings. The molecule has 0 aliphatic carbocycles. The van der Waals surface area contributed by atoms with Crippen molar-refractivity contribution >= 4 is 10.2 Å². The van der Waals surface area contributed by atoms with E-state index < -0.39 is 10.2 Å². The zero-order valence-corrected chi connectivity index (χ0v) is 9.63. The molecule has 0 radical (unpaired) electrons. The van der Waals surface area contributed by atoms with E-state index in [1.165, 1.54) is 4.31 Å². The summed E-state index contributed by atoms with van der Waals surface area (Å²) in [5.41, 5.74) is 0. The molecule has 84 valence electrons. The Morgan fingerprint density at radius 2 is 1.86 bits per heavy atom. The fourth-order valence-corrected chi connectivity index (χ4v) is 2.58. The van der Waals surface area contributed by atoms with Gasteiger partial charge in [-0.15, -0.1) is 0 Å². The van der Waals surface area contributed by atoms with Gasteiger partial charge in [0.15, 0.2) is 0 Å². The monoisotopic (exact) mass is 221 g/mol. The molecule has 0 amide bonds. The lowest BCUT2D eigenvalue weighted by molar-refractivity contribution is 0.225. The van der Waals surface area contributed by atoms with E-state index in [0.717, 1.165) is 19.4 Å². The standard InChI is InChI=1S/C8H19N3O2S/c1-10(2)7-8-3-5-11(6-4-8)14(9,12)13/h8H,3-7H2,1-2H3,(H2,9,12,13). The molecule has 1 aliphatic rings. The van der Waals surface area contributed by atoms with E-state index in [1.54, 1.807) is 0 Å². The van der Waals surface area contributed by atoms with Gasteiger partial charge in [-0.1, -0.05) is 0 Å². The van der Waals surface area contributed by atoms with Gasteiger partial charge in [-0.2, -0.15) is 12.7 Å². The topological polar surface area (TPSA) is 66.6 Å². The fourth-order valence-electron chi connectivity index (χ4n) is 1.86. The van der Waals surface area contributed by atoms with Gasteiger partial charge in [-0.25, -0.2) is 5.14 Å². The first-order chi connectivity index (χ1) is 6.39. The van der Waals surface area contributed by atoms with E-state index >= 15 is 0 Å². The third-order valence-electron chi connectivity index (χ3n) is 2.56. The van der Waals surface area contributed by atoms with Crippen LogP contribution < -0.4 is 5.14 Å². The van der Waals surface area contributed by atoms with Crippen molar-refractivity contribution in [2.24, 2.45) is 11.1 Å². The predicted molar refractivity (Wildman–Crippen MR) is 56.0 cm³/mol. The average molecular weight is 221 g/mol. The van der Waals surface area contributed by atoms with Crippen molar-refractivity contribution in [3.8, 4) is 0 Å². The first-order valence-electron chi connectivity index (χ1n) is 4.82. The minimum Gasteiger partial charge on any atom is -0.309 e. The summed E-state index contributed by atoms with van der Waals surface area (Å²) in [7, 11) is 0.610. The van der Waals surface area contributed by atoms with Gasteiger partial charge in [0, 0.05) is 19.6 Å². The average Bonchev–Trinajstić information content (AvgIpc) is 2.02. The molecule has 0 atom stereocenters. The molecule has 0 bridgehead atoms. The van der Waals surface area contributed by atoms with Crippen LogP contribution in [0.1, 0.15) is 12.8 Å². The summed E-state index contributed by atoms with van der Waals surface area (Å²) in [5.74, 6) is 0.600. The summed E-state index contributed by atoms with van der Waals surface area (Å²) in [6.45, 7) is 2.16. The molecule has 1 rings (SSSR count). The number of nitrogens with two attached hydrogens (primary N) is 1. The highest BCUT2D eigenvalue weighted by Crippen LogP contribution is 2.18. The van der Waals surface area contributed by atoms with E-state index in [0.29, 0.717) is 19.0 Å². The largest absolute Gasteiger partial charge is 0.309 e. The first-order valence-corrected chi connectivity index (χ1v) is 6.32. The maximum atomic E-state index is 11.0. The Kier molecular flexibility index (Phi) is 3.88. The Labute approximate surface area is 86.0 Å². The molecule has 1 saturated heterocycles. The van der Waals surface area contributed by atoms with E-state index in [4.69, 9.17) is 5.14 Å². The molecule has 1 heterocycles. The van der Waals surface area contributed by atoms with Gasteiger partial charge in [0.2, 0.25) is 0 Å². The second-order valence-corrected chi connectivity index (χ2v) is 5.70. The van der Waals surface area contributed by atoms with Gasteiger partial charge in [0.1, 0.15) is 0 Å². The highest BCUT2D eigenvalue weighted by Gasteiger charge is 2.25. The van der Waals surface area contributed by atoms with Crippen LogP contribution in [0.2, 0.25) is 0 Å². The molecule has 1 aliphatic heterocycles. The van der Waals surface area contributed by atoms with Crippen LogP contribution in [0, 0.1) is 5.92 Å². The summed E-state index contributed by atoms with van der Waals surface area (Å²) in [6.07, 6.45) is 1.82. The molecular weight excluding hydrogens is 202 g/mol. The molecule has 0 unspecified atom stereocenters. The summed E-state index contributed by atoms with van der Waals surface area (Å²) >= 11 is 0. The lowest BCUT2D eigenvalue weighted by Gasteiger charge is -2.31. The van der Waals surface area contributed by atoms with E-state index in [9.17, 15) is 8.42 Å². The number of nitrogens with zero attached hydrogens (tertiary/aromatic N) is 2. The summed E-state index contributed by atoms with van der Waals surface area (Å²) in [4.78, 5) is 2.14. The Bertz CT molecular complexity index is 268. The first kappa shape index (κ1) is 11.9. The molecular formula is C8H19N3O2S. The Morgan fingerprint density at radius 1 is 1.36 bits per heavy atom. The SMILES string of the molecule is CN(C)CC1CCN(S(N)(=O)=O)CC1. The van der Waals surface area contributed by atoms with Gasteiger partial charge in [0.25, 0.3) is 10.2 Å². The summed E-state index contributed by atoms with van der Waals surface area (Å²) in [5, 5.41) is 5.04. The van der Waals surface area contributed by atoms with Crippen molar-refractivity contribution in [1.29, 1.82) is 0 Å². The fraction of sp³-hybridized carbons (Fsp3) is 1.00. The van der Waals surface area contributed by atoms with Crippen LogP contribution in [-0.4, -0.2) is 51.4 Å². The van der Waals surface area contributed by atoms with Gasteiger partial charge in [0.05, 0.1) is 0 Å². The molecule has 1 fully saturated rings. The van der Waals surface area contributed by atoms with Crippen molar-refractivity contribution in [2.75, 3.05) is 33.7 Å². The van der Waals surface area contributed by atoms with Gasteiger partial charge in [-0.3, -0.25) is 0 Å². The number of piperidine rings is 1. The maximum Gasteiger partial charge on any atom is 0.276 e. The van der Waals surface area contributed by atoms with Crippen LogP contribution in [-0.2, 0) is 10.2 Å². The molecule has 0 saturated carbocycles. The lowest BCUT2D eigenvalue weighted by atomic mass is 9.98. The second-order valence-electron chi connectivity index (χ2n) is 4.15. The highest BCUT2D eigenvalue weighted by molar-refractivity contribution is 7.86. The van der Waals surface area contributed by atoms with E-state index in [-0.39, 0.29) is 0 Å². The zero-order valence-electron chi connectivity index (χ0n) is 8.81. The normalized spacial score (nSPS) is 21.7. The molecule has 5 nitrogen and oxygen atoms in total. The minimum absolute atomic E-state index is 0.567. The number of hydrogen-bond donors (Lipinski definition) is 1. The summed E-state index contributed by atoms with van der Waals surface area (Å²) < 4.78 is 23.4. The lowest BCUT2D eigenvalue weighted by Crippen LogP contribution is -2.43. The quantitative estimate of drug-likeness (QED) is 0.696. The molecule has 6 heteroatoms. The van der Waals surface area contributed by atoms with Crippen LogP contribution in [0.4, 0.5) is 0 Å². The van der Waals surface area contributed by atoms with Crippen molar-refractivity contribution in [3.05, 3.63) is 0 Å². The van der Waals surface area contributed by atoms with Gasteiger partial charge in [-0.05, 0) is 32.9 Å². The van der Waals surface area contributed by atoms with Crippen molar-refractivity contribution in [1.82, 2.24) is 9.21 Å². The van der Waals surface area contributed by atoms with Crippen molar-refractivity contribution in [2.45, 2.75) is 12.8 Å². The third kappa shape index (κ3) is 3.53. The molecule has 2 N–H and O–H groups in total. The van der Waals surface area contributed by atoms with Crippen molar-refractivity contribution in [3.63, 3.8) is 0 Å². The molecule has 0 aromatic heterocycles. The van der Waals surface area contributed by atoms with Crippen LogP contribution >= 0.6 is 0 Å². The van der Waals surface area contributed by atoms with E-state index in [1.807, 2.05) is 14.1 Å². The number of rotatable bonds is 3. The third-order valence-corrected chi connectivity index (χ3v) is 3.64. The molecule has 0 aromatic carbocycles. The van der Waals surface area contributed by atoms with Gasteiger partial charge < -0.3 is 4.90 Å². The van der Waals surface area contributed by atoms with Crippen LogP contribution in [0.3, 0.4) is 0 Å².